The average Bonchev–Trinajstić information content (AvgIpc) is 2.41. The highest BCUT2D eigenvalue weighted by atomic mass is 16.3. The third-order valence-electron chi connectivity index (χ3n) is 2.04. The molecule has 0 heterocycles. The van der Waals surface area contributed by atoms with Crippen LogP contribution in [0.3, 0.4) is 0 Å². The zero-order valence-corrected chi connectivity index (χ0v) is 11.7. The van der Waals surface area contributed by atoms with Crippen LogP contribution in [0, 0.1) is 0 Å². The highest BCUT2D eigenvalue weighted by molar-refractivity contribution is 5.52. The van der Waals surface area contributed by atoms with Gasteiger partial charge in [-0.05, 0) is 13.0 Å². The minimum absolute atomic E-state index is 0.0833. The van der Waals surface area contributed by atoms with Gasteiger partial charge in [0.25, 0.3) is 0 Å². The third kappa shape index (κ3) is 15.3. The zero-order chi connectivity index (χ0) is 14.1. The molecule has 2 N–H and O–H groups in total. The van der Waals surface area contributed by atoms with Crippen LogP contribution in [-0.4, -0.2) is 53.7 Å². The van der Waals surface area contributed by atoms with Gasteiger partial charge in [0.15, 0.2) is 0 Å². The van der Waals surface area contributed by atoms with Crippen LogP contribution in [0.1, 0.15) is 34.1 Å². The summed E-state index contributed by atoms with van der Waals surface area (Å²) in [4.78, 5) is 12.2. The molecule has 4 heteroatoms. The molecule has 0 fully saturated rings. The standard InChI is InChI=1S/C8H17NO2.C3H6O.C2H6/c1-3-8(7-11)9(4-2)5-6-10;1-2-3-4;1-2/h6,8,11H,3-5,7H2,1-2H3;2,4H,1,3H2;1-2H3. The van der Waals surface area contributed by atoms with Crippen molar-refractivity contribution in [3.63, 3.8) is 0 Å². The summed E-state index contributed by atoms with van der Waals surface area (Å²) in [6, 6.07) is 0.144. The van der Waals surface area contributed by atoms with E-state index in [-0.39, 0.29) is 19.3 Å². The lowest BCUT2D eigenvalue weighted by atomic mass is 10.2. The Kier molecular flexibility index (Phi) is 26.2. The number of carbonyl (C=O) groups is 1. The summed E-state index contributed by atoms with van der Waals surface area (Å²) in [5.41, 5.74) is 0. The molecule has 0 aliphatic rings. The zero-order valence-electron chi connectivity index (χ0n) is 11.7. The molecule has 0 spiro atoms. The number of aliphatic hydroxyl groups excluding tert-OH is 2. The number of aliphatic hydroxyl groups is 2. The van der Waals surface area contributed by atoms with Gasteiger partial charge in [-0.1, -0.05) is 33.8 Å². The summed E-state index contributed by atoms with van der Waals surface area (Å²) in [6.07, 6.45) is 3.19. The van der Waals surface area contributed by atoms with Crippen LogP contribution in [0.25, 0.3) is 0 Å². The number of rotatable bonds is 7. The molecular formula is C13H29NO3. The smallest absolute Gasteiger partial charge is 0.133 e. The van der Waals surface area contributed by atoms with Crippen molar-refractivity contribution in [2.24, 2.45) is 0 Å². The minimum Gasteiger partial charge on any atom is -0.395 e. The molecule has 0 aliphatic heterocycles. The second-order valence-electron chi connectivity index (χ2n) is 2.97. The number of carbonyl (C=O) groups excluding carboxylic acids is 1. The van der Waals surface area contributed by atoms with Crippen LogP contribution in [0.15, 0.2) is 12.7 Å². The molecule has 0 aromatic carbocycles. The first-order valence-electron chi connectivity index (χ1n) is 6.21. The van der Waals surface area contributed by atoms with Gasteiger partial charge in [-0.25, -0.2) is 0 Å². The van der Waals surface area contributed by atoms with E-state index < -0.39 is 0 Å². The van der Waals surface area contributed by atoms with Crippen molar-refractivity contribution in [1.82, 2.24) is 4.90 Å². The Bertz CT molecular complexity index is 148. The summed E-state index contributed by atoms with van der Waals surface area (Å²) in [5, 5.41) is 16.7. The van der Waals surface area contributed by atoms with Crippen molar-refractivity contribution in [3.8, 4) is 0 Å². The summed E-state index contributed by atoms with van der Waals surface area (Å²) in [7, 11) is 0. The Hall–Kier alpha value is -0.710. The average molecular weight is 247 g/mol. The van der Waals surface area contributed by atoms with Gasteiger partial charge in [0.1, 0.15) is 6.29 Å². The fourth-order valence-corrected chi connectivity index (χ4v) is 1.13. The number of likely N-dealkylation sites (N-methyl/N-ethyl adjacent to an activating group) is 1. The van der Waals surface area contributed by atoms with Gasteiger partial charge in [0.05, 0.1) is 19.8 Å². The van der Waals surface area contributed by atoms with E-state index in [1.807, 2.05) is 32.6 Å². The van der Waals surface area contributed by atoms with Gasteiger partial charge in [-0.2, -0.15) is 0 Å². The first-order valence-corrected chi connectivity index (χ1v) is 6.21. The van der Waals surface area contributed by atoms with E-state index in [4.69, 9.17) is 10.2 Å². The van der Waals surface area contributed by atoms with E-state index in [0.29, 0.717) is 6.54 Å². The van der Waals surface area contributed by atoms with E-state index in [1.165, 1.54) is 6.08 Å². The molecule has 0 rings (SSSR count). The van der Waals surface area contributed by atoms with E-state index in [0.717, 1.165) is 19.3 Å². The number of hydrogen-bond acceptors (Lipinski definition) is 4. The van der Waals surface area contributed by atoms with Crippen molar-refractivity contribution >= 4 is 6.29 Å². The lowest BCUT2D eigenvalue weighted by molar-refractivity contribution is -0.109. The Balaban J connectivity index is -0.000000275. The maximum Gasteiger partial charge on any atom is 0.133 e. The van der Waals surface area contributed by atoms with Gasteiger partial charge >= 0.3 is 0 Å². The molecule has 0 amide bonds. The second-order valence-corrected chi connectivity index (χ2v) is 2.97. The van der Waals surface area contributed by atoms with Crippen LogP contribution < -0.4 is 0 Å². The molecule has 17 heavy (non-hydrogen) atoms. The number of nitrogens with zero attached hydrogens (tertiary/aromatic N) is 1. The monoisotopic (exact) mass is 247 g/mol. The van der Waals surface area contributed by atoms with Gasteiger partial charge in [-0.15, -0.1) is 6.58 Å². The van der Waals surface area contributed by atoms with Gasteiger partial charge in [0, 0.05) is 6.04 Å². The van der Waals surface area contributed by atoms with Crippen molar-refractivity contribution in [2.45, 2.75) is 40.2 Å². The van der Waals surface area contributed by atoms with E-state index in [1.54, 1.807) is 0 Å². The highest BCUT2D eigenvalue weighted by Crippen LogP contribution is 2.01. The lowest BCUT2D eigenvalue weighted by Crippen LogP contribution is -2.38. The minimum atomic E-state index is 0.0833. The fourth-order valence-electron chi connectivity index (χ4n) is 1.13. The molecule has 0 radical (unpaired) electrons. The van der Waals surface area contributed by atoms with Crippen LogP contribution in [-0.2, 0) is 4.79 Å². The molecule has 0 saturated carbocycles. The molecule has 1 atom stereocenters. The highest BCUT2D eigenvalue weighted by Gasteiger charge is 2.12. The summed E-state index contributed by atoms with van der Waals surface area (Å²) >= 11 is 0. The topological polar surface area (TPSA) is 60.8 Å². The molecule has 104 valence electrons. The van der Waals surface area contributed by atoms with Crippen molar-refractivity contribution < 1.29 is 15.0 Å². The normalized spacial score (nSPS) is 10.5. The predicted octanol–water partition coefficient (Wildman–Crippen LogP) is 1.47. The Labute approximate surface area is 106 Å². The fraction of sp³-hybridized carbons (Fsp3) is 0.769. The van der Waals surface area contributed by atoms with Gasteiger partial charge in [-0.3, -0.25) is 4.90 Å². The molecule has 0 aromatic rings. The second kappa shape index (κ2) is 20.7. The molecule has 0 bridgehead atoms. The van der Waals surface area contributed by atoms with E-state index in [2.05, 4.69) is 6.58 Å². The van der Waals surface area contributed by atoms with Crippen molar-refractivity contribution in [1.29, 1.82) is 0 Å². The van der Waals surface area contributed by atoms with Crippen LogP contribution >= 0.6 is 0 Å². The van der Waals surface area contributed by atoms with Crippen LogP contribution in [0.4, 0.5) is 0 Å². The summed E-state index contributed by atoms with van der Waals surface area (Å²) in [5.74, 6) is 0. The quantitative estimate of drug-likeness (QED) is 0.528. The van der Waals surface area contributed by atoms with Crippen LogP contribution in [0.5, 0.6) is 0 Å². The van der Waals surface area contributed by atoms with E-state index >= 15 is 0 Å². The van der Waals surface area contributed by atoms with Gasteiger partial charge in [0.2, 0.25) is 0 Å². The van der Waals surface area contributed by atoms with Crippen LogP contribution in [0.2, 0.25) is 0 Å². The lowest BCUT2D eigenvalue weighted by Gasteiger charge is -2.25. The first kappa shape index (κ1) is 21.6. The Morgan fingerprint density at radius 3 is 1.94 bits per heavy atom. The molecule has 0 saturated heterocycles. The summed E-state index contributed by atoms with van der Waals surface area (Å²) in [6.45, 7) is 12.7. The molecule has 1 unspecified atom stereocenters. The SMILES string of the molecule is C=CCO.CC.CCC(CO)N(CC)CC=O. The van der Waals surface area contributed by atoms with Crippen molar-refractivity contribution in [2.75, 3.05) is 26.3 Å². The molecule has 0 aromatic heterocycles. The van der Waals surface area contributed by atoms with E-state index in [9.17, 15) is 4.79 Å². The number of aldehydes is 1. The Morgan fingerprint density at radius 1 is 1.29 bits per heavy atom. The van der Waals surface area contributed by atoms with Gasteiger partial charge < -0.3 is 15.0 Å². The third-order valence-corrected chi connectivity index (χ3v) is 2.04. The summed E-state index contributed by atoms with van der Waals surface area (Å²) < 4.78 is 0. The first-order chi connectivity index (χ1) is 8.21. The molecule has 4 nitrogen and oxygen atoms in total. The predicted molar refractivity (Wildman–Crippen MR) is 73.1 cm³/mol. The Morgan fingerprint density at radius 2 is 1.76 bits per heavy atom. The largest absolute Gasteiger partial charge is 0.395 e. The molecular weight excluding hydrogens is 218 g/mol. The maximum absolute atomic E-state index is 10.2. The molecule has 0 aliphatic carbocycles. The maximum atomic E-state index is 10.2. The van der Waals surface area contributed by atoms with Crippen molar-refractivity contribution in [3.05, 3.63) is 12.7 Å². The number of hydrogen-bond donors (Lipinski definition) is 2.